The third kappa shape index (κ3) is 2.38. The number of aromatic nitrogens is 3. The Bertz CT molecular complexity index is 659. The third-order valence-corrected chi connectivity index (χ3v) is 3.16. The van der Waals surface area contributed by atoms with Gasteiger partial charge in [-0.3, -0.25) is 9.78 Å². The lowest BCUT2D eigenvalue weighted by atomic mass is 10.1. The topological polar surface area (TPSA) is 72.1 Å². The highest BCUT2D eigenvalue weighted by Gasteiger charge is 2.29. The van der Waals surface area contributed by atoms with Crippen LogP contribution in [0.15, 0.2) is 29.0 Å². The van der Waals surface area contributed by atoms with E-state index in [-0.39, 0.29) is 11.8 Å². The molecular weight excluding hydrogens is 256 g/mol. The predicted octanol–water partition coefficient (Wildman–Crippen LogP) is 1.11. The molecule has 2 aromatic rings. The van der Waals surface area contributed by atoms with Gasteiger partial charge in [0.15, 0.2) is 0 Å². The fraction of sp³-hybridized carbons (Fsp3) is 0.286. The van der Waals surface area contributed by atoms with E-state index in [1.807, 2.05) is 6.07 Å². The van der Waals surface area contributed by atoms with Crippen molar-refractivity contribution in [3.63, 3.8) is 0 Å². The Morgan fingerprint density at radius 2 is 2.45 bits per heavy atom. The quantitative estimate of drug-likeness (QED) is 0.780. The van der Waals surface area contributed by atoms with E-state index < -0.39 is 0 Å². The number of pyridine rings is 1. The first-order valence-electron chi connectivity index (χ1n) is 6.23. The smallest absolute Gasteiger partial charge is 0.246 e. The first-order valence-corrected chi connectivity index (χ1v) is 6.23. The Balaban J connectivity index is 1.73. The van der Waals surface area contributed by atoms with Crippen LogP contribution in [-0.4, -0.2) is 32.5 Å². The van der Waals surface area contributed by atoms with Crippen molar-refractivity contribution in [1.82, 2.24) is 20.0 Å². The van der Waals surface area contributed by atoms with Crippen LogP contribution < -0.4 is 0 Å². The minimum absolute atomic E-state index is 0.0223. The predicted molar refractivity (Wildman–Crippen MR) is 69.9 cm³/mol. The molecule has 1 aliphatic rings. The van der Waals surface area contributed by atoms with Gasteiger partial charge in [0, 0.05) is 36.8 Å². The van der Waals surface area contributed by atoms with Gasteiger partial charge in [-0.25, -0.2) is 0 Å². The van der Waals surface area contributed by atoms with Gasteiger partial charge >= 0.3 is 0 Å². The molecule has 1 aliphatic heterocycles. The van der Waals surface area contributed by atoms with Crippen molar-refractivity contribution < 1.29 is 9.32 Å². The summed E-state index contributed by atoms with van der Waals surface area (Å²) in [5.74, 6) is 3.47. The molecule has 1 amide bonds. The van der Waals surface area contributed by atoms with Crippen LogP contribution in [-0.2, 0) is 11.3 Å². The van der Waals surface area contributed by atoms with E-state index in [0.29, 0.717) is 31.2 Å². The Morgan fingerprint density at radius 3 is 3.15 bits per heavy atom. The van der Waals surface area contributed by atoms with Crippen LogP contribution in [0.2, 0.25) is 0 Å². The van der Waals surface area contributed by atoms with Crippen LogP contribution in [0.1, 0.15) is 12.3 Å². The van der Waals surface area contributed by atoms with Crippen molar-refractivity contribution in [1.29, 1.82) is 0 Å². The molecule has 3 rings (SSSR count). The summed E-state index contributed by atoms with van der Waals surface area (Å²) in [6.45, 7) is 0.838. The summed E-state index contributed by atoms with van der Waals surface area (Å²) in [7, 11) is 0. The van der Waals surface area contributed by atoms with Crippen molar-refractivity contribution in [2.45, 2.75) is 13.0 Å². The van der Waals surface area contributed by atoms with Crippen molar-refractivity contribution in [2.75, 3.05) is 6.54 Å². The molecule has 0 aromatic carbocycles. The number of nitrogens with zero attached hydrogens (tertiary/aromatic N) is 4. The Labute approximate surface area is 115 Å². The molecule has 20 heavy (non-hydrogen) atoms. The molecule has 1 fully saturated rings. The summed E-state index contributed by atoms with van der Waals surface area (Å²) in [5, 5.41) is 3.89. The van der Waals surface area contributed by atoms with Crippen LogP contribution in [0.3, 0.4) is 0 Å². The molecule has 3 heterocycles. The van der Waals surface area contributed by atoms with Crippen molar-refractivity contribution in [2.24, 2.45) is 5.92 Å². The van der Waals surface area contributed by atoms with E-state index in [1.54, 1.807) is 23.4 Å². The maximum absolute atomic E-state index is 11.8. The van der Waals surface area contributed by atoms with Gasteiger partial charge in [0.25, 0.3) is 0 Å². The molecule has 1 saturated heterocycles. The van der Waals surface area contributed by atoms with Crippen LogP contribution in [0.5, 0.6) is 0 Å². The Hall–Kier alpha value is -2.68. The Morgan fingerprint density at radius 1 is 1.55 bits per heavy atom. The van der Waals surface area contributed by atoms with Crippen molar-refractivity contribution in [3.05, 3.63) is 30.4 Å². The van der Waals surface area contributed by atoms with Crippen LogP contribution in [0.25, 0.3) is 11.4 Å². The van der Waals surface area contributed by atoms with Gasteiger partial charge in [0.05, 0.1) is 0 Å². The van der Waals surface area contributed by atoms with E-state index in [1.165, 1.54) is 0 Å². The number of terminal acetylenes is 1. The summed E-state index contributed by atoms with van der Waals surface area (Å²) < 4.78 is 5.16. The van der Waals surface area contributed by atoms with Crippen LogP contribution in [0.4, 0.5) is 0 Å². The number of amides is 1. The van der Waals surface area contributed by atoms with Crippen molar-refractivity contribution >= 4 is 5.91 Å². The zero-order chi connectivity index (χ0) is 13.9. The van der Waals surface area contributed by atoms with E-state index in [2.05, 4.69) is 21.0 Å². The summed E-state index contributed by atoms with van der Waals surface area (Å²) in [6.07, 6.45) is 9.06. The number of hydrogen-bond acceptors (Lipinski definition) is 5. The van der Waals surface area contributed by atoms with Gasteiger partial charge in [0.1, 0.15) is 6.54 Å². The number of likely N-dealkylation sites (tertiary alicyclic amines) is 1. The van der Waals surface area contributed by atoms with Gasteiger partial charge in [-0.15, -0.1) is 12.3 Å². The standard InChI is InChI=1S/C14H12N4O2/c1-2-10-6-13(19)18(8-10)9-12-16-14(17-20-12)11-4-3-5-15-7-11/h1,3-5,7,10H,6,8-9H2. The van der Waals surface area contributed by atoms with Gasteiger partial charge in [0.2, 0.25) is 17.6 Å². The lowest BCUT2D eigenvalue weighted by Crippen LogP contribution is -2.24. The first-order chi connectivity index (χ1) is 9.76. The zero-order valence-electron chi connectivity index (χ0n) is 10.7. The van der Waals surface area contributed by atoms with Gasteiger partial charge in [-0.2, -0.15) is 4.98 Å². The molecule has 0 saturated carbocycles. The molecule has 2 aromatic heterocycles. The number of carbonyl (C=O) groups is 1. The first kappa shape index (κ1) is 12.4. The van der Waals surface area contributed by atoms with E-state index in [9.17, 15) is 4.79 Å². The lowest BCUT2D eigenvalue weighted by molar-refractivity contribution is -0.128. The normalized spacial score (nSPS) is 18.2. The Kier molecular flexibility index (Phi) is 3.17. The zero-order valence-corrected chi connectivity index (χ0v) is 10.7. The van der Waals surface area contributed by atoms with E-state index in [0.717, 1.165) is 5.56 Å². The summed E-state index contributed by atoms with van der Waals surface area (Å²) in [6, 6.07) is 3.64. The second kappa shape index (κ2) is 5.13. The third-order valence-electron chi connectivity index (χ3n) is 3.16. The molecule has 0 radical (unpaired) electrons. The van der Waals surface area contributed by atoms with Gasteiger partial charge in [-0.1, -0.05) is 5.16 Å². The molecule has 1 unspecified atom stereocenters. The molecular formula is C14H12N4O2. The summed E-state index contributed by atoms with van der Waals surface area (Å²) in [5.41, 5.74) is 0.775. The second-order valence-corrected chi connectivity index (χ2v) is 4.60. The molecule has 6 nitrogen and oxygen atoms in total. The van der Waals surface area contributed by atoms with Crippen LogP contribution in [0, 0.1) is 18.3 Å². The fourth-order valence-electron chi connectivity index (χ4n) is 2.13. The van der Waals surface area contributed by atoms with Gasteiger partial charge in [-0.05, 0) is 12.1 Å². The molecule has 100 valence electrons. The molecule has 0 spiro atoms. The summed E-state index contributed by atoms with van der Waals surface area (Å²) in [4.78, 5) is 21.7. The lowest BCUT2D eigenvalue weighted by Gasteiger charge is -2.12. The molecule has 1 atom stereocenters. The maximum Gasteiger partial charge on any atom is 0.246 e. The average molecular weight is 268 g/mol. The summed E-state index contributed by atoms with van der Waals surface area (Å²) >= 11 is 0. The van der Waals surface area contributed by atoms with Gasteiger partial charge < -0.3 is 9.42 Å². The fourth-order valence-corrected chi connectivity index (χ4v) is 2.13. The van der Waals surface area contributed by atoms with Crippen molar-refractivity contribution in [3.8, 4) is 23.7 Å². The van der Waals surface area contributed by atoms with E-state index >= 15 is 0 Å². The molecule has 0 aliphatic carbocycles. The number of carbonyl (C=O) groups excluding carboxylic acids is 1. The maximum atomic E-state index is 11.8. The highest BCUT2D eigenvalue weighted by Crippen LogP contribution is 2.20. The second-order valence-electron chi connectivity index (χ2n) is 4.60. The minimum atomic E-state index is -0.0248. The highest BCUT2D eigenvalue weighted by atomic mass is 16.5. The average Bonchev–Trinajstić information content (AvgIpc) is 3.08. The SMILES string of the molecule is C#CC1CC(=O)N(Cc2nc(-c3cccnc3)no2)C1. The van der Waals surface area contributed by atoms with E-state index in [4.69, 9.17) is 10.9 Å². The number of rotatable bonds is 3. The monoisotopic (exact) mass is 268 g/mol. The number of hydrogen-bond donors (Lipinski definition) is 0. The highest BCUT2D eigenvalue weighted by molar-refractivity contribution is 5.79. The minimum Gasteiger partial charge on any atom is -0.337 e. The largest absolute Gasteiger partial charge is 0.337 e. The van der Waals surface area contributed by atoms with Crippen LogP contribution >= 0.6 is 0 Å². The molecule has 6 heteroatoms. The molecule has 0 N–H and O–H groups in total. The molecule has 0 bridgehead atoms.